The van der Waals surface area contributed by atoms with Crippen LogP contribution in [0.2, 0.25) is 0 Å². The molecule has 0 radical (unpaired) electrons. The van der Waals surface area contributed by atoms with Crippen molar-refractivity contribution in [3.8, 4) is 0 Å². The summed E-state index contributed by atoms with van der Waals surface area (Å²) in [6.07, 6.45) is -0.630. The number of amides is 2. The van der Waals surface area contributed by atoms with Crippen LogP contribution in [-0.4, -0.2) is 71.8 Å². The highest BCUT2D eigenvalue weighted by molar-refractivity contribution is 14.1. The zero-order chi connectivity index (χ0) is 22.6. The molecule has 2 aromatic heterocycles. The maximum Gasteiger partial charge on any atom is 0.410 e. The molecule has 1 fully saturated rings. The molecule has 1 N–H and O–H groups in total. The van der Waals surface area contributed by atoms with Crippen LogP contribution >= 0.6 is 22.6 Å². The van der Waals surface area contributed by atoms with Crippen LogP contribution in [0.25, 0.3) is 11.0 Å². The van der Waals surface area contributed by atoms with Crippen LogP contribution in [0.4, 0.5) is 18.0 Å². The van der Waals surface area contributed by atoms with Crippen LogP contribution in [0.15, 0.2) is 35.5 Å². The molecule has 3 heterocycles. The summed E-state index contributed by atoms with van der Waals surface area (Å²) in [5.74, 6) is -0.279. The van der Waals surface area contributed by atoms with Crippen LogP contribution in [0.3, 0.4) is 0 Å². The number of halogens is 4. The number of furan rings is 1. The molecule has 1 aliphatic heterocycles. The highest BCUT2D eigenvalue weighted by Crippen LogP contribution is 2.25. The number of hydrogen-bond acceptors (Lipinski definition) is 6. The first-order valence-corrected chi connectivity index (χ1v) is 10.4. The molecule has 1 unspecified atom stereocenters. The highest BCUT2D eigenvalue weighted by Gasteiger charge is 2.38. The Kier molecular flexibility index (Phi) is 7.41. The third kappa shape index (κ3) is 6.09. The van der Waals surface area contributed by atoms with Gasteiger partial charge < -0.3 is 14.5 Å². The number of nitrogens with zero attached hydrogens (tertiary/aromatic N) is 3. The van der Waals surface area contributed by atoms with Crippen LogP contribution in [0, 0.1) is 3.57 Å². The smallest absolute Gasteiger partial charge is 0.410 e. The first-order chi connectivity index (χ1) is 14.7. The van der Waals surface area contributed by atoms with E-state index in [4.69, 9.17) is 9.15 Å². The van der Waals surface area contributed by atoms with Gasteiger partial charge in [0.2, 0.25) is 5.91 Å². The number of pyridine rings is 1. The largest absolute Gasteiger partial charge is 0.458 e. The van der Waals surface area contributed by atoms with Crippen LogP contribution in [0.5, 0.6) is 0 Å². The quantitative estimate of drug-likeness (QED) is 0.439. The molecule has 8 nitrogen and oxygen atoms in total. The van der Waals surface area contributed by atoms with E-state index in [1.54, 1.807) is 12.4 Å². The number of alkyl halides is 3. The standard InChI is InChI=1S/C19H20F3IN4O4/c1-2-5-30-18(29)27-4-3-26(10-15(27)17(28)25-11-19(20,21)22)9-13-6-12-7-24-8-14(23)16(12)31-13/h2,6-8,15H,1,3-5,9-11H2,(H,25,28). The van der Waals surface area contributed by atoms with Gasteiger partial charge >= 0.3 is 12.3 Å². The van der Waals surface area contributed by atoms with Gasteiger partial charge in [-0.15, -0.1) is 0 Å². The average Bonchev–Trinajstić information content (AvgIpc) is 3.13. The Morgan fingerprint density at radius 1 is 1.39 bits per heavy atom. The Morgan fingerprint density at radius 3 is 2.84 bits per heavy atom. The molecule has 1 saturated heterocycles. The van der Waals surface area contributed by atoms with Crippen molar-refractivity contribution in [2.24, 2.45) is 0 Å². The van der Waals surface area contributed by atoms with Crippen LogP contribution in [-0.2, 0) is 16.1 Å². The molecule has 1 atom stereocenters. The monoisotopic (exact) mass is 552 g/mol. The molecule has 0 bridgehead atoms. The number of carbonyl (C=O) groups is 2. The Morgan fingerprint density at radius 2 is 2.16 bits per heavy atom. The van der Waals surface area contributed by atoms with E-state index in [0.717, 1.165) is 13.9 Å². The van der Waals surface area contributed by atoms with Crippen molar-refractivity contribution in [2.75, 3.05) is 32.8 Å². The molecule has 0 saturated carbocycles. The fraction of sp³-hybridized carbons (Fsp3) is 0.421. The van der Waals surface area contributed by atoms with Gasteiger partial charge in [0.1, 0.15) is 25.0 Å². The predicted molar refractivity (Wildman–Crippen MR) is 113 cm³/mol. The van der Waals surface area contributed by atoms with E-state index < -0.39 is 30.8 Å². The van der Waals surface area contributed by atoms with E-state index in [0.29, 0.717) is 24.4 Å². The molecule has 2 aromatic rings. The number of fused-ring (bicyclic) bond motifs is 1. The maximum absolute atomic E-state index is 12.5. The fourth-order valence-corrected chi connectivity index (χ4v) is 3.81. The van der Waals surface area contributed by atoms with Gasteiger partial charge in [-0.05, 0) is 28.7 Å². The summed E-state index contributed by atoms with van der Waals surface area (Å²) in [6, 6.07) is 0.688. The minimum atomic E-state index is -4.56. The Hall–Kier alpha value is -2.35. The highest BCUT2D eigenvalue weighted by atomic mass is 127. The lowest BCUT2D eigenvalue weighted by Gasteiger charge is -2.39. The van der Waals surface area contributed by atoms with Crippen molar-refractivity contribution in [1.82, 2.24) is 20.1 Å². The van der Waals surface area contributed by atoms with Crippen LogP contribution in [0.1, 0.15) is 5.76 Å². The molecule has 0 spiro atoms. The van der Waals surface area contributed by atoms with Gasteiger partial charge in [-0.3, -0.25) is 19.6 Å². The lowest BCUT2D eigenvalue weighted by Crippen LogP contribution is -2.61. The van der Waals surface area contributed by atoms with Gasteiger partial charge in [-0.1, -0.05) is 12.7 Å². The molecule has 2 amide bonds. The van der Waals surface area contributed by atoms with Crippen molar-refractivity contribution in [1.29, 1.82) is 0 Å². The van der Waals surface area contributed by atoms with Crippen molar-refractivity contribution in [3.05, 3.63) is 40.4 Å². The summed E-state index contributed by atoms with van der Waals surface area (Å²) in [6.45, 7) is 2.75. The lowest BCUT2D eigenvalue weighted by atomic mass is 10.1. The first-order valence-electron chi connectivity index (χ1n) is 9.31. The van der Waals surface area contributed by atoms with Crippen molar-refractivity contribution >= 4 is 45.6 Å². The third-order valence-corrected chi connectivity index (χ3v) is 5.37. The lowest BCUT2D eigenvalue weighted by molar-refractivity contribution is -0.142. The van der Waals surface area contributed by atoms with E-state index >= 15 is 0 Å². The molecule has 12 heteroatoms. The second-order valence-electron chi connectivity index (χ2n) is 6.90. The summed E-state index contributed by atoms with van der Waals surface area (Å²) in [5.41, 5.74) is 0.691. The van der Waals surface area contributed by atoms with Crippen molar-refractivity contribution in [2.45, 2.75) is 18.8 Å². The van der Waals surface area contributed by atoms with Crippen molar-refractivity contribution in [3.63, 3.8) is 0 Å². The van der Waals surface area contributed by atoms with Crippen molar-refractivity contribution < 1.29 is 31.9 Å². The van der Waals surface area contributed by atoms with Gasteiger partial charge in [0.15, 0.2) is 5.58 Å². The Balaban J connectivity index is 1.73. The van der Waals surface area contributed by atoms with Gasteiger partial charge in [0, 0.05) is 37.4 Å². The number of ether oxygens (including phenoxy) is 1. The normalized spacial score (nSPS) is 17.5. The Bertz CT molecular complexity index is 965. The molecule has 168 valence electrons. The number of carbonyl (C=O) groups excluding carboxylic acids is 2. The van der Waals surface area contributed by atoms with Gasteiger partial charge in [-0.2, -0.15) is 13.2 Å². The van der Waals surface area contributed by atoms with E-state index in [2.05, 4.69) is 34.2 Å². The van der Waals surface area contributed by atoms with E-state index in [9.17, 15) is 22.8 Å². The number of hydrogen-bond donors (Lipinski definition) is 1. The second kappa shape index (κ2) is 9.85. The number of nitrogens with one attached hydrogen (secondary N) is 1. The topological polar surface area (TPSA) is 87.9 Å². The van der Waals surface area contributed by atoms with Gasteiger partial charge in [-0.25, -0.2) is 4.79 Å². The summed E-state index contributed by atoms with van der Waals surface area (Å²) < 4.78 is 49.3. The van der Waals surface area contributed by atoms with Gasteiger partial charge in [0.05, 0.1) is 10.1 Å². The summed E-state index contributed by atoms with van der Waals surface area (Å²) in [7, 11) is 0. The zero-order valence-electron chi connectivity index (χ0n) is 16.3. The SMILES string of the molecule is C=CCOC(=O)N1CCN(Cc2cc3cncc(I)c3o2)CC1C(=O)NCC(F)(F)F. The van der Waals surface area contributed by atoms with E-state index in [1.165, 1.54) is 6.08 Å². The molecule has 31 heavy (non-hydrogen) atoms. The van der Waals surface area contributed by atoms with E-state index in [1.807, 2.05) is 16.3 Å². The van der Waals surface area contributed by atoms with Crippen LogP contribution < -0.4 is 5.32 Å². The fourth-order valence-electron chi connectivity index (χ4n) is 3.23. The van der Waals surface area contributed by atoms with E-state index in [-0.39, 0.29) is 19.7 Å². The summed E-state index contributed by atoms with van der Waals surface area (Å²) >= 11 is 2.11. The maximum atomic E-state index is 12.5. The number of piperazine rings is 1. The predicted octanol–water partition coefficient (Wildman–Crippen LogP) is 2.92. The third-order valence-electron chi connectivity index (χ3n) is 4.60. The summed E-state index contributed by atoms with van der Waals surface area (Å²) in [5, 5.41) is 2.68. The van der Waals surface area contributed by atoms with Gasteiger partial charge in [0.25, 0.3) is 0 Å². The molecular formula is C19H20F3IN4O4. The minimum absolute atomic E-state index is 0.0271. The first kappa shape index (κ1) is 23.3. The Labute approximate surface area is 189 Å². The molecule has 0 aliphatic carbocycles. The number of rotatable bonds is 6. The molecule has 1 aliphatic rings. The minimum Gasteiger partial charge on any atom is -0.458 e. The summed E-state index contributed by atoms with van der Waals surface area (Å²) in [4.78, 5) is 31.9. The second-order valence-corrected chi connectivity index (χ2v) is 8.06. The molecular weight excluding hydrogens is 532 g/mol. The molecule has 3 rings (SSSR count). The zero-order valence-corrected chi connectivity index (χ0v) is 18.5. The molecule has 0 aromatic carbocycles. The number of aromatic nitrogens is 1. The average molecular weight is 552 g/mol.